The van der Waals surface area contributed by atoms with Crippen LogP contribution in [0.1, 0.15) is 36.9 Å². The van der Waals surface area contributed by atoms with E-state index < -0.39 is 12.0 Å². The summed E-state index contributed by atoms with van der Waals surface area (Å²) in [5.41, 5.74) is 1.57. The first-order valence-electron chi connectivity index (χ1n) is 8.34. The summed E-state index contributed by atoms with van der Waals surface area (Å²) in [6.45, 7) is 2.64. The highest BCUT2D eigenvalue weighted by molar-refractivity contribution is 5.79. The second-order valence-electron chi connectivity index (χ2n) is 5.78. The molecule has 5 heteroatoms. The maximum absolute atomic E-state index is 12.2. The second-order valence-corrected chi connectivity index (χ2v) is 5.78. The van der Waals surface area contributed by atoms with Crippen LogP contribution in [0.15, 0.2) is 54.6 Å². The number of carbonyl (C=O) groups is 2. The third-order valence-corrected chi connectivity index (χ3v) is 3.67. The van der Waals surface area contributed by atoms with Crippen LogP contribution < -0.4 is 15.2 Å². The largest absolute Gasteiger partial charge is 0.550 e. The van der Waals surface area contributed by atoms with Gasteiger partial charge in [-0.2, -0.15) is 0 Å². The van der Waals surface area contributed by atoms with E-state index in [1.807, 2.05) is 37.3 Å². The van der Waals surface area contributed by atoms with Crippen LogP contribution in [-0.4, -0.2) is 18.5 Å². The summed E-state index contributed by atoms with van der Waals surface area (Å²) >= 11 is 0. The van der Waals surface area contributed by atoms with Crippen molar-refractivity contribution in [1.82, 2.24) is 5.32 Å². The molecule has 0 heterocycles. The van der Waals surface area contributed by atoms with E-state index in [2.05, 4.69) is 5.32 Å². The molecule has 0 spiro atoms. The van der Waals surface area contributed by atoms with Crippen molar-refractivity contribution in [3.05, 3.63) is 65.7 Å². The Hall–Kier alpha value is -2.82. The number of nitrogens with one attached hydrogen (secondary N) is 1. The zero-order chi connectivity index (χ0) is 18.1. The molecule has 2 rings (SSSR count). The van der Waals surface area contributed by atoms with Gasteiger partial charge >= 0.3 is 0 Å². The van der Waals surface area contributed by atoms with Crippen molar-refractivity contribution in [2.75, 3.05) is 6.61 Å². The highest BCUT2D eigenvalue weighted by Gasteiger charge is 2.15. The Balaban J connectivity index is 2.04. The molecule has 0 radical (unpaired) electrons. The van der Waals surface area contributed by atoms with E-state index in [1.165, 1.54) is 0 Å². The van der Waals surface area contributed by atoms with E-state index in [1.54, 1.807) is 24.3 Å². The molecule has 1 amide bonds. The number of hydrogen-bond acceptors (Lipinski definition) is 4. The number of aliphatic carboxylic acids is 1. The predicted molar refractivity (Wildman–Crippen MR) is 92.9 cm³/mol. The minimum atomic E-state index is -1.21. The van der Waals surface area contributed by atoms with Gasteiger partial charge in [0.15, 0.2) is 0 Å². The Morgan fingerprint density at radius 1 is 1.08 bits per heavy atom. The third-order valence-electron chi connectivity index (χ3n) is 3.67. The van der Waals surface area contributed by atoms with Crippen molar-refractivity contribution >= 4 is 11.9 Å². The average Bonchev–Trinajstić information content (AvgIpc) is 2.60. The van der Waals surface area contributed by atoms with Crippen LogP contribution in [0.4, 0.5) is 0 Å². The van der Waals surface area contributed by atoms with Gasteiger partial charge < -0.3 is 20.0 Å². The Morgan fingerprint density at radius 2 is 1.76 bits per heavy atom. The molecule has 132 valence electrons. The summed E-state index contributed by atoms with van der Waals surface area (Å²) in [5.74, 6) is -0.728. The van der Waals surface area contributed by atoms with E-state index in [0.717, 1.165) is 12.0 Å². The van der Waals surface area contributed by atoms with Gasteiger partial charge in [0, 0.05) is 12.4 Å². The van der Waals surface area contributed by atoms with Crippen molar-refractivity contribution in [2.45, 2.75) is 32.2 Å². The van der Waals surface area contributed by atoms with Gasteiger partial charge in [-0.25, -0.2) is 0 Å². The summed E-state index contributed by atoms with van der Waals surface area (Å²) in [5, 5.41) is 13.8. The molecule has 0 bridgehead atoms. The summed E-state index contributed by atoms with van der Waals surface area (Å²) in [4.78, 5) is 23.3. The summed E-state index contributed by atoms with van der Waals surface area (Å²) in [7, 11) is 0. The number of ether oxygens (including phenoxy) is 1. The van der Waals surface area contributed by atoms with Crippen LogP contribution in [0.3, 0.4) is 0 Å². The van der Waals surface area contributed by atoms with Crippen LogP contribution in [-0.2, 0) is 16.0 Å². The lowest BCUT2D eigenvalue weighted by Gasteiger charge is -2.20. The molecule has 0 aliphatic carbocycles. The van der Waals surface area contributed by atoms with Gasteiger partial charge in [-0.1, -0.05) is 49.4 Å². The third kappa shape index (κ3) is 6.30. The molecule has 5 nitrogen and oxygen atoms in total. The zero-order valence-corrected chi connectivity index (χ0v) is 14.2. The van der Waals surface area contributed by atoms with Gasteiger partial charge in [0.2, 0.25) is 5.91 Å². The maximum Gasteiger partial charge on any atom is 0.224 e. The molecule has 25 heavy (non-hydrogen) atoms. The summed E-state index contributed by atoms with van der Waals surface area (Å²) < 4.78 is 5.52. The summed E-state index contributed by atoms with van der Waals surface area (Å²) in [6, 6.07) is 15.7. The van der Waals surface area contributed by atoms with Gasteiger partial charge in [-0.15, -0.1) is 0 Å². The van der Waals surface area contributed by atoms with Gasteiger partial charge in [0.25, 0.3) is 0 Å². The molecule has 0 aliphatic rings. The topological polar surface area (TPSA) is 78.5 Å². The minimum Gasteiger partial charge on any atom is -0.550 e. The number of carboxylic acids is 1. The fourth-order valence-electron chi connectivity index (χ4n) is 2.46. The lowest BCUT2D eigenvalue weighted by Crippen LogP contribution is -2.35. The fourth-order valence-corrected chi connectivity index (χ4v) is 2.46. The predicted octanol–water partition coefficient (Wildman–Crippen LogP) is 2.02. The lowest BCUT2D eigenvalue weighted by molar-refractivity contribution is -0.306. The quantitative estimate of drug-likeness (QED) is 0.757. The van der Waals surface area contributed by atoms with Crippen molar-refractivity contribution in [2.24, 2.45) is 0 Å². The molecule has 1 unspecified atom stereocenters. The molecule has 2 aromatic carbocycles. The van der Waals surface area contributed by atoms with E-state index in [4.69, 9.17) is 4.74 Å². The fraction of sp³-hybridized carbons (Fsp3) is 0.300. The number of rotatable bonds is 9. The molecule has 1 N–H and O–H groups in total. The molecule has 0 aliphatic heterocycles. The van der Waals surface area contributed by atoms with E-state index >= 15 is 0 Å². The highest BCUT2D eigenvalue weighted by Crippen LogP contribution is 2.20. The first kappa shape index (κ1) is 18.5. The monoisotopic (exact) mass is 340 g/mol. The average molecular weight is 340 g/mol. The molecule has 1 atom stereocenters. The van der Waals surface area contributed by atoms with Crippen molar-refractivity contribution in [1.29, 1.82) is 0 Å². The normalized spacial score (nSPS) is 11.6. The second kappa shape index (κ2) is 9.47. The Labute approximate surface area is 147 Å². The highest BCUT2D eigenvalue weighted by atomic mass is 16.5. The molecular formula is C20H22NO4-. The van der Waals surface area contributed by atoms with E-state index in [9.17, 15) is 14.7 Å². The number of benzene rings is 2. The van der Waals surface area contributed by atoms with Crippen molar-refractivity contribution in [3.63, 3.8) is 0 Å². The van der Waals surface area contributed by atoms with Crippen LogP contribution in [0.5, 0.6) is 5.75 Å². The van der Waals surface area contributed by atoms with E-state index in [0.29, 0.717) is 17.9 Å². The van der Waals surface area contributed by atoms with E-state index in [-0.39, 0.29) is 18.7 Å². The number of amides is 1. The van der Waals surface area contributed by atoms with Crippen LogP contribution in [0, 0.1) is 0 Å². The van der Waals surface area contributed by atoms with Gasteiger partial charge in [-0.05, 0) is 29.7 Å². The first-order chi connectivity index (χ1) is 12.1. The molecule has 2 aromatic rings. The number of carboxylic acid groups (broad SMARTS) is 1. The molecule has 0 saturated heterocycles. The number of hydrogen-bond donors (Lipinski definition) is 1. The minimum absolute atomic E-state index is 0.197. The Kier molecular flexibility index (Phi) is 7.01. The lowest BCUT2D eigenvalue weighted by atomic mass is 10.0. The van der Waals surface area contributed by atoms with Gasteiger partial charge in [-0.3, -0.25) is 4.79 Å². The SMILES string of the molecule is CCCOc1ccc(C(CC(=O)[O-])NC(=O)Cc2ccccc2)cc1. The molecule has 0 aromatic heterocycles. The van der Waals surface area contributed by atoms with Crippen LogP contribution in [0.25, 0.3) is 0 Å². The molecule has 0 saturated carbocycles. The van der Waals surface area contributed by atoms with Gasteiger partial charge in [0.05, 0.1) is 19.1 Å². The summed E-state index contributed by atoms with van der Waals surface area (Å²) in [6.07, 6.45) is 0.822. The number of carbonyl (C=O) groups excluding carboxylic acids is 2. The molecule has 0 fully saturated rings. The standard InChI is InChI=1S/C20H23NO4/c1-2-12-25-17-10-8-16(9-11-17)18(14-20(23)24)21-19(22)13-15-6-4-3-5-7-15/h3-11,18H,2,12-14H2,1H3,(H,21,22)(H,23,24)/p-1. The van der Waals surface area contributed by atoms with Crippen LogP contribution >= 0.6 is 0 Å². The smallest absolute Gasteiger partial charge is 0.224 e. The first-order valence-corrected chi connectivity index (χ1v) is 8.34. The van der Waals surface area contributed by atoms with Crippen molar-refractivity contribution in [3.8, 4) is 5.75 Å². The van der Waals surface area contributed by atoms with Crippen LogP contribution in [0.2, 0.25) is 0 Å². The molecular weight excluding hydrogens is 318 g/mol. The van der Waals surface area contributed by atoms with Crippen molar-refractivity contribution < 1.29 is 19.4 Å². The Morgan fingerprint density at radius 3 is 2.36 bits per heavy atom. The maximum atomic E-state index is 12.2. The van der Waals surface area contributed by atoms with Gasteiger partial charge in [0.1, 0.15) is 5.75 Å². The Bertz CT molecular complexity index is 683. The zero-order valence-electron chi connectivity index (χ0n) is 14.2.